The van der Waals surface area contributed by atoms with Gasteiger partial charge in [0.25, 0.3) is 5.91 Å². The summed E-state index contributed by atoms with van der Waals surface area (Å²) in [5, 5.41) is 18.0. The largest absolute Gasteiger partial charge is 0.475 e. The zero-order valence-corrected chi connectivity index (χ0v) is 14.9. The topological polar surface area (TPSA) is 105 Å². The fraction of sp³-hybridized carbons (Fsp3) is 0.375. The monoisotopic (exact) mass is 379 g/mol. The molecule has 0 bridgehead atoms. The van der Waals surface area contributed by atoms with Crippen LogP contribution < -0.4 is 4.74 Å². The summed E-state index contributed by atoms with van der Waals surface area (Å²) in [6.45, 7) is 3.01. The van der Waals surface area contributed by atoms with Gasteiger partial charge in [0.05, 0.1) is 12.0 Å². The van der Waals surface area contributed by atoms with Crippen molar-refractivity contribution < 1.29 is 14.5 Å². The number of methoxy groups -OCH3 is 1. The highest BCUT2D eigenvalue weighted by Gasteiger charge is 2.33. The summed E-state index contributed by atoms with van der Waals surface area (Å²) in [4.78, 5) is 27.0. The summed E-state index contributed by atoms with van der Waals surface area (Å²) in [7, 11) is 1.27. The molecule has 1 aliphatic rings. The lowest BCUT2D eigenvalue weighted by Crippen LogP contribution is -2.48. The fourth-order valence-corrected chi connectivity index (χ4v) is 3.15. The molecule has 1 aliphatic heterocycles. The van der Waals surface area contributed by atoms with Crippen molar-refractivity contribution in [3.05, 3.63) is 50.7 Å². The number of hydrogen-bond acceptors (Lipinski definition) is 6. The predicted molar refractivity (Wildman–Crippen MR) is 94.4 cm³/mol. The lowest BCUT2D eigenvalue weighted by molar-refractivity contribution is -0.386. The normalized spacial score (nSPS) is 15.1. The number of piperazine rings is 1. The van der Waals surface area contributed by atoms with E-state index >= 15 is 0 Å². The summed E-state index contributed by atoms with van der Waals surface area (Å²) < 4.78 is 4.84. The number of nitro groups is 1. The Morgan fingerprint density at radius 2 is 2.12 bits per heavy atom. The minimum Gasteiger partial charge on any atom is -0.475 e. The van der Waals surface area contributed by atoms with Crippen LogP contribution in [0.1, 0.15) is 16.1 Å². The van der Waals surface area contributed by atoms with Crippen molar-refractivity contribution in [3.63, 3.8) is 0 Å². The van der Waals surface area contributed by atoms with Crippen molar-refractivity contribution >= 4 is 23.2 Å². The molecule has 1 N–H and O–H groups in total. The minimum absolute atomic E-state index is 0.157. The fourth-order valence-electron chi connectivity index (χ4n) is 2.94. The Morgan fingerprint density at radius 1 is 1.38 bits per heavy atom. The first-order valence-corrected chi connectivity index (χ1v) is 8.40. The van der Waals surface area contributed by atoms with E-state index in [-0.39, 0.29) is 11.6 Å². The summed E-state index contributed by atoms with van der Waals surface area (Å²) in [5.74, 6) is -0.646. The first-order valence-electron chi connectivity index (χ1n) is 8.02. The van der Waals surface area contributed by atoms with Gasteiger partial charge in [-0.1, -0.05) is 23.7 Å². The summed E-state index contributed by atoms with van der Waals surface area (Å²) >= 11 is 6.00. The highest BCUT2D eigenvalue weighted by molar-refractivity contribution is 6.30. The summed E-state index contributed by atoms with van der Waals surface area (Å²) in [6.07, 6.45) is 0. The van der Waals surface area contributed by atoms with Gasteiger partial charge < -0.3 is 9.64 Å². The third-order valence-corrected chi connectivity index (χ3v) is 4.49. The van der Waals surface area contributed by atoms with Gasteiger partial charge in [0.1, 0.15) is 0 Å². The molecule has 0 radical (unpaired) electrons. The summed E-state index contributed by atoms with van der Waals surface area (Å²) in [5.41, 5.74) is 0.514. The average Bonchev–Trinajstić information content (AvgIpc) is 3.06. The van der Waals surface area contributed by atoms with E-state index in [1.165, 1.54) is 7.11 Å². The van der Waals surface area contributed by atoms with Crippen LogP contribution in [0, 0.1) is 10.1 Å². The number of amides is 1. The lowest BCUT2D eigenvalue weighted by Gasteiger charge is -2.34. The van der Waals surface area contributed by atoms with Gasteiger partial charge >= 0.3 is 11.6 Å². The van der Waals surface area contributed by atoms with E-state index in [4.69, 9.17) is 16.3 Å². The first-order chi connectivity index (χ1) is 12.5. The molecule has 1 aromatic heterocycles. The molecule has 1 saturated heterocycles. The number of hydrogen-bond donors (Lipinski definition) is 1. The number of rotatable bonds is 5. The predicted octanol–water partition coefficient (Wildman–Crippen LogP) is 1.94. The SMILES string of the molecule is COc1n[nH]c(C(=O)N2CCN(Cc3cccc(Cl)c3)CC2)c1[N+](=O)[O-]. The molecular formula is C16H18ClN5O4. The van der Waals surface area contributed by atoms with E-state index in [2.05, 4.69) is 15.1 Å². The molecule has 1 fully saturated rings. The minimum atomic E-state index is -0.662. The molecule has 26 heavy (non-hydrogen) atoms. The number of ether oxygens (including phenoxy) is 1. The molecule has 9 nitrogen and oxygen atoms in total. The van der Waals surface area contributed by atoms with E-state index in [9.17, 15) is 14.9 Å². The Hall–Kier alpha value is -2.65. The van der Waals surface area contributed by atoms with Crippen molar-refractivity contribution in [3.8, 4) is 5.88 Å². The van der Waals surface area contributed by atoms with Gasteiger partial charge in [-0.3, -0.25) is 24.9 Å². The van der Waals surface area contributed by atoms with Crippen molar-refractivity contribution in [2.24, 2.45) is 0 Å². The van der Waals surface area contributed by atoms with Crippen LogP contribution in [-0.4, -0.2) is 64.1 Å². The molecule has 0 atom stereocenters. The maximum Gasteiger partial charge on any atom is 0.362 e. The molecule has 3 rings (SSSR count). The zero-order chi connectivity index (χ0) is 18.7. The molecule has 0 saturated carbocycles. The van der Waals surface area contributed by atoms with E-state index < -0.39 is 16.5 Å². The van der Waals surface area contributed by atoms with Crippen LogP contribution in [0.2, 0.25) is 5.02 Å². The van der Waals surface area contributed by atoms with Gasteiger partial charge in [-0.05, 0) is 17.7 Å². The van der Waals surface area contributed by atoms with Gasteiger partial charge in [-0.25, -0.2) is 0 Å². The van der Waals surface area contributed by atoms with Crippen LogP contribution in [0.5, 0.6) is 5.88 Å². The standard InChI is InChI=1S/C16H18ClN5O4/c1-26-15-14(22(24)25)13(18-19-15)16(23)21-7-5-20(6-8-21)10-11-3-2-4-12(17)9-11/h2-4,9H,5-8,10H2,1H3,(H,18,19). The van der Waals surface area contributed by atoms with Crippen LogP contribution in [0.15, 0.2) is 24.3 Å². The van der Waals surface area contributed by atoms with Gasteiger partial charge in [0.2, 0.25) is 5.69 Å². The maximum atomic E-state index is 12.6. The van der Waals surface area contributed by atoms with Crippen LogP contribution in [-0.2, 0) is 6.54 Å². The second-order valence-corrected chi connectivity index (χ2v) is 6.35. The van der Waals surface area contributed by atoms with Crippen LogP contribution in [0.4, 0.5) is 5.69 Å². The molecular weight excluding hydrogens is 362 g/mol. The number of carbonyl (C=O) groups is 1. The van der Waals surface area contributed by atoms with Gasteiger partial charge in [0, 0.05) is 37.7 Å². The van der Waals surface area contributed by atoms with Gasteiger partial charge in [-0.15, -0.1) is 5.10 Å². The molecule has 0 unspecified atom stereocenters. The Morgan fingerprint density at radius 3 is 2.73 bits per heavy atom. The van der Waals surface area contributed by atoms with Crippen LogP contribution in [0.25, 0.3) is 0 Å². The Labute approximate surface area is 154 Å². The highest BCUT2D eigenvalue weighted by Crippen LogP contribution is 2.28. The molecule has 1 aromatic carbocycles. The Balaban J connectivity index is 1.64. The maximum absolute atomic E-state index is 12.6. The highest BCUT2D eigenvalue weighted by atomic mass is 35.5. The summed E-state index contributed by atoms with van der Waals surface area (Å²) in [6, 6.07) is 7.65. The number of H-pyrrole nitrogens is 1. The molecule has 10 heteroatoms. The van der Waals surface area contributed by atoms with E-state index in [1.807, 2.05) is 24.3 Å². The number of aromatic amines is 1. The third kappa shape index (κ3) is 3.78. The first kappa shape index (κ1) is 18.2. The molecule has 138 valence electrons. The number of nitrogens with zero attached hydrogens (tertiary/aromatic N) is 4. The van der Waals surface area contributed by atoms with E-state index in [0.717, 1.165) is 12.1 Å². The third-order valence-electron chi connectivity index (χ3n) is 4.25. The van der Waals surface area contributed by atoms with Crippen LogP contribution in [0.3, 0.4) is 0 Å². The van der Waals surface area contributed by atoms with E-state index in [1.54, 1.807) is 4.90 Å². The number of carbonyl (C=O) groups excluding carboxylic acids is 1. The van der Waals surface area contributed by atoms with Crippen molar-refractivity contribution in [2.45, 2.75) is 6.54 Å². The average molecular weight is 380 g/mol. The Bertz CT molecular complexity index is 817. The smallest absolute Gasteiger partial charge is 0.362 e. The van der Waals surface area contributed by atoms with Crippen molar-refractivity contribution in [1.82, 2.24) is 20.0 Å². The molecule has 0 spiro atoms. The molecule has 2 aromatic rings. The molecule has 2 heterocycles. The van der Waals surface area contributed by atoms with E-state index in [0.29, 0.717) is 31.2 Å². The van der Waals surface area contributed by atoms with Crippen molar-refractivity contribution in [1.29, 1.82) is 0 Å². The van der Waals surface area contributed by atoms with Crippen LogP contribution >= 0.6 is 11.6 Å². The zero-order valence-electron chi connectivity index (χ0n) is 14.1. The number of benzene rings is 1. The molecule has 0 aliphatic carbocycles. The second-order valence-electron chi connectivity index (χ2n) is 5.91. The number of halogens is 1. The van der Waals surface area contributed by atoms with Gasteiger partial charge in [0.15, 0.2) is 0 Å². The quantitative estimate of drug-likeness (QED) is 0.628. The number of aromatic nitrogens is 2. The molecule has 1 amide bonds. The number of nitrogens with one attached hydrogen (secondary N) is 1. The van der Waals surface area contributed by atoms with Crippen molar-refractivity contribution in [2.75, 3.05) is 33.3 Å². The Kier molecular flexibility index (Phi) is 5.38. The second kappa shape index (κ2) is 7.71. The lowest BCUT2D eigenvalue weighted by atomic mass is 10.2. The van der Waals surface area contributed by atoms with Gasteiger partial charge in [-0.2, -0.15) is 0 Å².